The third kappa shape index (κ3) is 3.88. The maximum absolute atomic E-state index is 6.08. The molecule has 2 atom stereocenters. The van der Waals surface area contributed by atoms with Crippen LogP contribution in [-0.4, -0.2) is 42.1 Å². The minimum absolute atomic E-state index is 0.667. The SMILES string of the molecule is CCCC1CCN(C(CN)C2CCCSC2)CC1. The Kier molecular flexibility index (Phi) is 6.33. The first-order chi connectivity index (χ1) is 8.85. The normalized spacial score (nSPS) is 29.3. The van der Waals surface area contributed by atoms with Crippen LogP contribution in [0.5, 0.6) is 0 Å². The summed E-state index contributed by atoms with van der Waals surface area (Å²) in [5, 5.41) is 0. The van der Waals surface area contributed by atoms with E-state index >= 15 is 0 Å². The summed E-state index contributed by atoms with van der Waals surface area (Å²) in [5.74, 6) is 4.56. The van der Waals surface area contributed by atoms with Gasteiger partial charge >= 0.3 is 0 Å². The highest BCUT2D eigenvalue weighted by atomic mass is 32.2. The zero-order chi connectivity index (χ0) is 12.8. The first-order valence-electron chi connectivity index (χ1n) is 7.87. The van der Waals surface area contributed by atoms with Gasteiger partial charge in [-0.1, -0.05) is 19.8 Å². The standard InChI is InChI=1S/C15H30N2S/c1-2-4-13-6-8-17(9-7-13)15(11-16)14-5-3-10-18-12-14/h13-15H,2-12,16H2,1H3. The molecule has 2 aliphatic rings. The minimum Gasteiger partial charge on any atom is -0.329 e. The summed E-state index contributed by atoms with van der Waals surface area (Å²) in [6.45, 7) is 5.78. The largest absolute Gasteiger partial charge is 0.329 e. The summed E-state index contributed by atoms with van der Waals surface area (Å²) in [5.41, 5.74) is 6.08. The second-order valence-electron chi connectivity index (χ2n) is 6.05. The molecule has 2 saturated heterocycles. The van der Waals surface area contributed by atoms with E-state index in [9.17, 15) is 0 Å². The average molecular weight is 270 g/mol. The second kappa shape index (κ2) is 7.76. The molecular formula is C15H30N2S. The zero-order valence-corrected chi connectivity index (χ0v) is 12.8. The summed E-state index contributed by atoms with van der Waals surface area (Å²) < 4.78 is 0. The van der Waals surface area contributed by atoms with E-state index in [4.69, 9.17) is 5.73 Å². The molecule has 0 aliphatic carbocycles. The van der Waals surface area contributed by atoms with E-state index in [1.807, 2.05) is 0 Å². The van der Waals surface area contributed by atoms with Crippen LogP contribution in [0.25, 0.3) is 0 Å². The summed E-state index contributed by atoms with van der Waals surface area (Å²) in [6, 6.07) is 0.667. The highest BCUT2D eigenvalue weighted by molar-refractivity contribution is 7.99. The molecule has 106 valence electrons. The molecule has 2 N–H and O–H groups in total. The van der Waals surface area contributed by atoms with E-state index in [0.717, 1.165) is 18.4 Å². The molecule has 0 spiro atoms. The van der Waals surface area contributed by atoms with Gasteiger partial charge in [-0.2, -0.15) is 11.8 Å². The van der Waals surface area contributed by atoms with Gasteiger partial charge in [0.25, 0.3) is 0 Å². The molecular weight excluding hydrogens is 240 g/mol. The smallest absolute Gasteiger partial charge is 0.0254 e. The Hall–Kier alpha value is 0.270. The lowest BCUT2D eigenvalue weighted by molar-refractivity contribution is 0.0983. The minimum atomic E-state index is 0.667. The van der Waals surface area contributed by atoms with Gasteiger partial charge in [-0.15, -0.1) is 0 Å². The van der Waals surface area contributed by atoms with Crippen LogP contribution < -0.4 is 5.73 Å². The number of hydrogen-bond acceptors (Lipinski definition) is 3. The fourth-order valence-corrected chi connectivity index (χ4v) is 4.92. The van der Waals surface area contributed by atoms with Crippen molar-refractivity contribution in [3.63, 3.8) is 0 Å². The molecule has 0 amide bonds. The van der Waals surface area contributed by atoms with Gasteiger partial charge in [-0.05, 0) is 62.1 Å². The number of nitrogens with two attached hydrogens (primary N) is 1. The fourth-order valence-electron chi connectivity index (χ4n) is 3.69. The number of likely N-dealkylation sites (tertiary alicyclic amines) is 1. The van der Waals surface area contributed by atoms with Crippen molar-refractivity contribution in [2.24, 2.45) is 17.6 Å². The molecule has 3 heteroatoms. The Bertz CT molecular complexity index is 221. The number of nitrogens with zero attached hydrogens (tertiary/aromatic N) is 1. The number of rotatable bonds is 5. The van der Waals surface area contributed by atoms with Crippen molar-refractivity contribution in [2.45, 2.75) is 51.5 Å². The average Bonchev–Trinajstić information content (AvgIpc) is 2.43. The lowest BCUT2D eigenvalue weighted by Gasteiger charge is -2.41. The molecule has 0 bridgehead atoms. The Morgan fingerprint density at radius 1 is 1.28 bits per heavy atom. The highest BCUT2D eigenvalue weighted by Crippen LogP contribution is 2.30. The van der Waals surface area contributed by atoms with Crippen LogP contribution >= 0.6 is 11.8 Å². The van der Waals surface area contributed by atoms with Crippen molar-refractivity contribution >= 4 is 11.8 Å². The van der Waals surface area contributed by atoms with Crippen LogP contribution in [-0.2, 0) is 0 Å². The van der Waals surface area contributed by atoms with Crippen molar-refractivity contribution in [2.75, 3.05) is 31.1 Å². The molecule has 2 heterocycles. The molecule has 0 aromatic carbocycles. The van der Waals surface area contributed by atoms with Gasteiger partial charge in [0, 0.05) is 12.6 Å². The van der Waals surface area contributed by atoms with Gasteiger partial charge < -0.3 is 5.73 Å². The Morgan fingerprint density at radius 2 is 2.06 bits per heavy atom. The lowest BCUT2D eigenvalue weighted by atomic mass is 9.88. The Balaban J connectivity index is 1.81. The summed E-state index contributed by atoms with van der Waals surface area (Å²) in [6.07, 6.45) is 8.40. The number of thioether (sulfide) groups is 1. The van der Waals surface area contributed by atoms with Crippen molar-refractivity contribution in [3.05, 3.63) is 0 Å². The van der Waals surface area contributed by atoms with E-state index in [0.29, 0.717) is 6.04 Å². The molecule has 2 nitrogen and oxygen atoms in total. The fraction of sp³-hybridized carbons (Fsp3) is 1.00. The van der Waals surface area contributed by atoms with E-state index in [1.54, 1.807) is 0 Å². The Labute approximate surface area is 117 Å². The lowest BCUT2D eigenvalue weighted by Crippen LogP contribution is -2.50. The molecule has 18 heavy (non-hydrogen) atoms. The molecule has 2 aliphatic heterocycles. The molecule has 0 radical (unpaired) electrons. The van der Waals surface area contributed by atoms with Crippen LogP contribution in [0.1, 0.15) is 45.4 Å². The molecule has 0 aromatic heterocycles. The topological polar surface area (TPSA) is 29.3 Å². The van der Waals surface area contributed by atoms with Gasteiger partial charge in [0.2, 0.25) is 0 Å². The monoisotopic (exact) mass is 270 g/mol. The zero-order valence-electron chi connectivity index (χ0n) is 11.9. The maximum atomic E-state index is 6.08. The van der Waals surface area contributed by atoms with Crippen molar-refractivity contribution in [1.82, 2.24) is 4.90 Å². The maximum Gasteiger partial charge on any atom is 0.0254 e. The first kappa shape index (κ1) is 14.7. The van der Waals surface area contributed by atoms with Crippen molar-refractivity contribution < 1.29 is 0 Å². The van der Waals surface area contributed by atoms with Gasteiger partial charge in [-0.3, -0.25) is 4.90 Å². The van der Waals surface area contributed by atoms with Crippen molar-refractivity contribution in [1.29, 1.82) is 0 Å². The van der Waals surface area contributed by atoms with Gasteiger partial charge in [0.1, 0.15) is 0 Å². The molecule has 0 aromatic rings. The Morgan fingerprint density at radius 3 is 2.61 bits per heavy atom. The van der Waals surface area contributed by atoms with Crippen LogP contribution in [0, 0.1) is 11.8 Å². The van der Waals surface area contributed by atoms with E-state index < -0.39 is 0 Å². The summed E-state index contributed by atoms with van der Waals surface area (Å²) in [7, 11) is 0. The van der Waals surface area contributed by atoms with Gasteiger partial charge in [-0.25, -0.2) is 0 Å². The molecule has 2 fully saturated rings. The van der Waals surface area contributed by atoms with Gasteiger partial charge in [0.15, 0.2) is 0 Å². The van der Waals surface area contributed by atoms with Crippen LogP contribution in [0.4, 0.5) is 0 Å². The first-order valence-corrected chi connectivity index (χ1v) is 9.02. The van der Waals surface area contributed by atoms with Crippen molar-refractivity contribution in [3.8, 4) is 0 Å². The number of hydrogen-bond donors (Lipinski definition) is 1. The summed E-state index contributed by atoms with van der Waals surface area (Å²) in [4.78, 5) is 2.71. The highest BCUT2D eigenvalue weighted by Gasteiger charge is 2.30. The predicted octanol–water partition coefficient (Wildman–Crippen LogP) is 2.97. The molecule has 2 rings (SSSR count). The molecule has 2 unspecified atom stereocenters. The quantitative estimate of drug-likeness (QED) is 0.833. The molecule has 0 saturated carbocycles. The third-order valence-electron chi connectivity index (χ3n) is 4.80. The van der Waals surface area contributed by atoms with E-state index in [2.05, 4.69) is 23.6 Å². The van der Waals surface area contributed by atoms with E-state index in [1.165, 1.54) is 63.1 Å². The second-order valence-corrected chi connectivity index (χ2v) is 7.20. The van der Waals surface area contributed by atoms with Crippen LogP contribution in [0.15, 0.2) is 0 Å². The number of piperidine rings is 1. The summed E-state index contributed by atoms with van der Waals surface area (Å²) >= 11 is 2.14. The van der Waals surface area contributed by atoms with E-state index in [-0.39, 0.29) is 0 Å². The van der Waals surface area contributed by atoms with Crippen LogP contribution in [0.3, 0.4) is 0 Å². The third-order valence-corrected chi connectivity index (χ3v) is 6.04. The van der Waals surface area contributed by atoms with Crippen LogP contribution in [0.2, 0.25) is 0 Å². The predicted molar refractivity (Wildman–Crippen MR) is 82.1 cm³/mol. The van der Waals surface area contributed by atoms with Gasteiger partial charge in [0.05, 0.1) is 0 Å².